The predicted molar refractivity (Wildman–Crippen MR) is 71.8 cm³/mol. The monoisotopic (exact) mass is 249 g/mol. The van der Waals surface area contributed by atoms with Crippen LogP contribution >= 0.6 is 0 Å². The summed E-state index contributed by atoms with van der Waals surface area (Å²) in [7, 11) is 2.11. The third-order valence-corrected chi connectivity index (χ3v) is 3.30. The minimum absolute atomic E-state index is 0.0173. The van der Waals surface area contributed by atoms with Crippen LogP contribution in [0.2, 0.25) is 0 Å². The van der Waals surface area contributed by atoms with E-state index in [4.69, 9.17) is 5.11 Å². The Morgan fingerprint density at radius 3 is 2.67 bits per heavy atom. The first kappa shape index (κ1) is 12.9. The second kappa shape index (κ2) is 5.84. The van der Waals surface area contributed by atoms with Gasteiger partial charge in [-0.15, -0.1) is 0 Å². The zero-order valence-corrected chi connectivity index (χ0v) is 10.6. The normalized spacial score (nSPS) is 16.7. The number of benzene rings is 1. The maximum atomic E-state index is 10.7. The molecule has 0 saturated carbocycles. The molecule has 1 aliphatic rings. The van der Waals surface area contributed by atoms with Crippen molar-refractivity contribution in [2.75, 3.05) is 43.4 Å². The van der Waals surface area contributed by atoms with Crippen molar-refractivity contribution in [2.24, 2.45) is 0 Å². The zero-order valence-electron chi connectivity index (χ0n) is 10.6. The molecule has 1 fully saturated rings. The Bertz CT molecular complexity index is 415. The molecule has 1 aliphatic heterocycles. The summed E-state index contributed by atoms with van der Waals surface area (Å²) in [5.74, 6) is 0. The van der Waals surface area contributed by atoms with Gasteiger partial charge in [0.2, 0.25) is 6.41 Å². The highest BCUT2D eigenvalue weighted by Gasteiger charge is 2.17. The van der Waals surface area contributed by atoms with E-state index in [2.05, 4.69) is 22.2 Å². The van der Waals surface area contributed by atoms with Gasteiger partial charge in [0.05, 0.1) is 18.0 Å². The quantitative estimate of drug-likeness (QED) is 0.763. The van der Waals surface area contributed by atoms with Gasteiger partial charge in [0, 0.05) is 26.2 Å². The summed E-state index contributed by atoms with van der Waals surface area (Å²) in [6.45, 7) is 3.91. The fraction of sp³-hybridized carbons (Fsp3) is 0.462. The van der Waals surface area contributed by atoms with Gasteiger partial charge in [0.1, 0.15) is 0 Å². The number of rotatable bonds is 4. The van der Waals surface area contributed by atoms with Crippen molar-refractivity contribution in [1.29, 1.82) is 0 Å². The van der Waals surface area contributed by atoms with Gasteiger partial charge in [-0.1, -0.05) is 6.07 Å². The number of likely N-dealkylation sites (N-methyl/N-ethyl adjacent to an activating group) is 1. The fourth-order valence-corrected chi connectivity index (χ4v) is 2.18. The molecule has 1 aromatic carbocycles. The van der Waals surface area contributed by atoms with Gasteiger partial charge in [-0.2, -0.15) is 0 Å². The van der Waals surface area contributed by atoms with E-state index in [1.54, 1.807) is 0 Å². The summed E-state index contributed by atoms with van der Waals surface area (Å²) in [5.41, 5.74) is 2.59. The molecule has 1 aromatic rings. The summed E-state index contributed by atoms with van der Waals surface area (Å²) in [4.78, 5) is 15.2. The van der Waals surface area contributed by atoms with E-state index in [1.807, 2.05) is 18.2 Å². The molecule has 1 saturated heterocycles. The van der Waals surface area contributed by atoms with Crippen LogP contribution in [0, 0.1) is 0 Å². The van der Waals surface area contributed by atoms with Crippen molar-refractivity contribution < 1.29 is 9.90 Å². The van der Waals surface area contributed by atoms with Crippen LogP contribution in [0.1, 0.15) is 5.56 Å². The highest BCUT2D eigenvalue weighted by molar-refractivity contribution is 5.82. The maximum absolute atomic E-state index is 10.7. The lowest BCUT2D eigenvalue weighted by Gasteiger charge is -2.35. The van der Waals surface area contributed by atoms with Crippen LogP contribution in [0.25, 0.3) is 0 Å². The lowest BCUT2D eigenvalue weighted by Crippen LogP contribution is -2.44. The molecule has 0 radical (unpaired) electrons. The molecular formula is C13H19N3O2. The SMILES string of the molecule is CN1CCN(c2ccc(CO)cc2NC=O)CC1. The largest absolute Gasteiger partial charge is 0.392 e. The number of piperazine rings is 1. The standard InChI is InChI=1S/C13H19N3O2/c1-15-4-6-16(7-5-15)13-3-2-11(9-17)8-12(13)14-10-18/h2-3,8,10,17H,4-7,9H2,1H3,(H,14,18). The van der Waals surface area contributed by atoms with Gasteiger partial charge in [-0.25, -0.2) is 0 Å². The van der Waals surface area contributed by atoms with Gasteiger partial charge in [-0.05, 0) is 24.7 Å². The van der Waals surface area contributed by atoms with Crippen LogP contribution in [0.15, 0.2) is 18.2 Å². The van der Waals surface area contributed by atoms with Crippen molar-refractivity contribution in [3.05, 3.63) is 23.8 Å². The van der Waals surface area contributed by atoms with Gasteiger partial charge >= 0.3 is 0 Å². The van der Waals surface area contributed by atoms with E-state index in [1.165, 1.54) is 0 Å². The first-order valence-corrected chi connectivity index (χ1v) is 6.12. The van der Waals surface area contributed by atoms with Crippen molar-refractivity contribution in [1.82, 2.24) is 4.90 Å². The molecule has 98 valence electrons. The van der Waals surface area contributed by atoms with Gasteiger partial charge < -0.3 is 20.2 Å². The van der Waals surface area contributed by atoms with Crippen LogP contribution in [0.3, 0.4) is 0 Å². The van der Waals surface area contributed by atoms with E-state index in [-0.39, 0.29) is 6.61 Å². The molecule has 0 bridgehead atoms. The summed E-state index contributed by atoms with van der Waals surface area (Å²) >= 11 is 0. The average molecular weight is 249 g/mol. The molecule has 18 heavy (non-hydrogen) atoms. The van der Waals surface area contributed by atoms with E-state index in [9.17, 15) is 4.79 Å². The first-order valence-electron chi connectivity index (χ1n) is 6.12. The molecule has 2 N–H and O–H groups in total. The summed E-state index contributed by atoms with van der Waals surface area (Å²) in [6, 6.07) is 5.67. The van der Waals surface area contributed by atoms with E-state index in [0.29, 0.717) is 6.41 Å². The van der Waals surface area contributed by atoms with Crippen molar-refractivity contribution in [3.8, 4) is 0 Å². The second-order valence-electron chi connectivity index (χ2n) is 4.56. The Morgan fingerprint density at radius 1 is 1.33 bits per heavy atom. The van der Waals surface area contributed by atoms with Gasteiger partial charge in [0.15, 0.2) is 0 Å². The lowest BCUT2D eigenvalue weighted by molar-refractivity contribution is -0.105. The number of hydrogen-bond donors (Lipinski definition) is 2. The minimum atomic E-state index is -0.0173. The third kappa shape index (κ3) is 2.80. The van der Waals surface area contributed by atoms with Crippen LogP contribution in [-0.4, -0.2) is 49.6 Å². The molecule has 1 amide bonds. The summed E-state index contributed by atoms with van der Waals surface area (Å²) in [5, 5.41) is 11.8. The number of anilines is 2. The molecule has 1 heterocycles. The number of aliphatic hydroxyl groups excluding tert-OH is 1. The Balaban J connectivity index is 2.22. The highest BCUT2D eigenvalue weighted by atomic mass is 16.3. The number of amides is 1. The van der Waals surface area contributed by atoms with E-state index < -0.39 is 0 Å². The Hall–Kier alpha value is -1.59. The number of aliphatic hydroxyl groups is 1. The molecular weight excluding hydrogens is 230 g/mol. The number of nitrogens with zero attached hydrogens (tertiary/aromatic N) is 2. The third-order valence-electron chi connectivity index (χ3n) is 3.30. The first-order chi connectivity index (χ1) is 8.74. The molecule has 0 aromatic heterocycles. The van der Waals surface area contributed by atoms with E-state index in [0.717, 1.165) is 43.1 Å². The Morgan fingerprint density at radius 2 is 2.06 bits per heavy atom. The Kier molecular flexibility index (Phi) is 4.17. The number of carbonyl (C=O) groups excluding carboxylic acids is 1. The maximum Gasteiger partial charge on any atom is 0.211 e. The van der Waals surface area contributed by atoms with Gasteiger partial charge in [-0.3, -0.25) is 4.79 Å². The fourth-order valence-electron chi connectivity index (χ4n) is 2.18. The number of carbonyl (C=O) groups is 1. The lowest BCUT2D eigenvalue weighted by atomic mass is 10.1. The second-order valence-corrected chi connectivity index (χ2v) is 4.56. The molecule has 0 spiro atoms. The van der Waals surface area contributed by atoms with Crippen LogP contribution < -0.4 is 10.2 Å². The van der Waals surface area contributed by atoms with Gasteiger partial charge in [0.25, 0.3) is 0 Å². The average Bonchev–Trinajstić information content (AvgIpc) is 2.40. The minimum Gasteiger partial charge on any atom is -0.392 e. The van der Waals surface area contributed by atoms with Crippen LogP contribution in [0.5, 0.6) is 0 Å². The smallest absolute Gasteiger partial charge is 0.211 e. The molecule has 0 aliphatic carbocycles. The highest BCUT2D eigenvalue weighted by Crippen LogP contribution is 2.27. The predicted octanol–water partition coefficient (Wildman–Crippen LogP) is 0.499. The molecule has 5 nitrogen and oxygen atoms in total. The zero-order chi connectivity index (χ0) is 13.0. The van der Waals surface area contributed by atoms with Crippen molar-refractivity contribution in [2.45, 2.75) is 6.61 Å². The number of nitrogens with one attached hydrogen (secondary N) is 1. The van der Waals surface area contributed by atoms with Crippen LogP contribution in [0.4, 0.5) is 11.4 Å². The molecule has 0 unspecified atom stereocenters. The number of hydrogen-bond acceptors (Lipinski definition) is 4. The molecule has 2 rings (SSSR count). The van der Waals surface area contributed by atoms with Crippen molar-refractivity contribution >= 4 is 17.8 Å². The van der Waals surface area contributed by atoms with Crippen molar-refractivity contribution in [3.63, 3.8) is 0 Å². The Labute approximate surface area is 107 Å². The summed E-state index contributed by atoms with van der Waals surface area (Å²) < 4.78 is 0. The molecule has 0 atom stereocenters. The van der Waals surface area contributed by atoms with Crippen LogP contribution in [-0.2, 0) is 11.4 Å². The van der Waals surface area contributed by atoms with E-state index >= 15 is 0 Å². The summed E-state index contributed by atoms with van der Waals surface area (Å²) in [6.07, 6.45) is 0.677. The molecule has 5 heteroatoms. The topological polar surface area (TPSA) is 55.8 Å².